The molecule has 2 aliphatic carbocycles. The Bertz CT molecular complexity index is 591. The maximum absolute atomic E-state index is 12.2. The SMILES string of the molecule is C=C1C=C2CCI3C(CCC4(C)C(C(C)=O)CCC34)C2(C)CC1. The summed E-state index contributed by atoms with van der Waals surface area (Å²) in [6.07, 6.45) is 11.6. The molecule has 1 nitrogen and oxygen atoms in total. The fourth-order valence-electron chi connectivity index (χ4n) is 6.29. The van der Waals surface area contributed by atoms with Crippen LogP contribution in [0.2, 0.25) is 0 Å². The Labute approximate surface area is 148 Å². The van der Waals surface area contributed by atoms with Crippen LogP contribution in [-0.2, 0) is 4.79 Å². The maximum atomic E-state index is 12.2. The van der Waals surface area contributed by atoms with Crippen molar-refractivity contribution in [2.75, 3.05) is 4.43 Å². The molecule has 23 heavy (non-hydrogen) atoms. The summed E-state index contributed by atoms with van der Waals surface area (Å²) in [4.78, 5) is 12.2. The first-order valence-electron chi connectivity index (χ1n) is 9.38. The van der Waals surface area contributed by atoms with E-state index in [4.69, 9.17) is 0 Å². The molecule has 0 aromatic rings. The molecule has 0 aromatic heterocycles. The molecule has 5 unspecified atom stereocenters. The fraction of sp³-hybridized carbons (Fsp3) is 0.762. The van der Waals surface area contributed by atoms with E-state index in [0.29, 0.717) is 22.5 Å². The van der Waals surface area contributed by atoms with E-state index < -0.39 is 19.8 Å². The van der Waals surface area contributed by atoms with E-state index in [1.165, 1.54) is 54.9 Å². The number of fused-ring (bicyclic) bond motifs is 5. The molecule has 2 heterocycles. The van der Waals surface area contributed by atoms with Crippen LogP contribution in [0.25, 0.3) is 0 Å². The zero-order valence-corrected chi connectivity index (χ0v) is 17.1. The first-order valence-corrected chi connectivity index (χ1v) is 13.4. The van der Waals surface area contributed by atoms with Crippen LogP contribution in [0, 0.1) is 16.7 Å². The number of carbonyl (C=O) groups excluding carboxylic acids is 1. The molecule has 0 radical (unpaired) electrons. The van der Waals surface area contributed by atoms with Crippen LogP contribution < -0.4 is 0 Å². The Balaban J connectivity index is 1.67. The standard InChI is InChI=1S/C21H31IO/c1-14-7-10-20(3)16(13-14)9-12-22-18-6-5-17(15(2)23)21(18,4)11-8-19(20)22/h13,17-19H,1,5-12H2,2-4H3. The third-order valence-electron chi connectivity index (χ3n) is 7.68. The Morgan fingerprint density at radius 2 is 1.96 bits per heavy atom. The van der Waals surface area contributed by atoms with Crippen LogP contribution in [-0.4, -0.2) is 18.1 Å². The summed E-state index contributed by atoms with van der Waals surface area (Å²) in [6, 6.07) is 0. The Morgan fingerprint density at radius 3 is 2.70 bits per heavy atom. The Morgan fingerprint density at radius 1 is 1.17 bits per heavy atom. The first-order chi connectivity index (χ1) is 10.9. The molecular formula is C21H31IO. The molecule has 4 rings (SSSR count). The second-order valence-corrected chi connectivity index (χ2v) is 15.4. The van der Waals surface area contributed by atoms with Gasteiger partial charge in [-0.3, -0.25) is 0 Å². The molecule has 3 fully saturated rings. The van der Waals surface area contributed by atoms with Gasteiger partial charge in [0.15, 0.2) is 0 Å². The van der Waals surface area contributed by atoms with E-state index in [1.54, 1.807) is 5.57 Å². The Kier molecular flexibility index (Phi) is 3.87. The third-order valence-corrected chi connectivity index (χ3v) is 17.4. The summed E-state index contributed by atoms with van der Waals surface area (Å²) in [7, 11) is 0. The van der Waals surface area contributed by atoms with Gasteiger partial charge >= 0.3 is 149 Å². The predicted octanol–water partition coefficient (Wildman–Crippen LogP) is 5.72. The van der Waals surface area contributed by atoms with Crippen molar-refractivity contribution in [3.63, 3.8) is 0 Å². The van der Waals surface area contributed by atoms with Gasteiger partial charge in [-0.2, -0.15) is 0 Å². The van der Waals surface area contributed by atoms with Crippen molar-refractivity contribution >= 4 is 25.6 Å². The van der Waals surface area contributed by atoms with Crippen LogP contribution in [0.15, 0.2) is 23.8 Å². The monoisotopic (exact) mass is 426 g/mol. The fourth-order valence-corrected chi connectivity index (χ4v) is 17.4. The van der Waals surface area contributed by atoms with Gasteiger partial charge in [0.25, 0.3) is 0 Å². The summed E-state index contributed by atoms with van der Waals surface area (Å²) in [5.41, 5.74) is 3.94. The van der Waals surface area contributed by atoms with E-state index in [-0.39, 0.29) is 0 Å². The molecule has 0 N–H and O–H groups in total. The topological polar surface area (TPSA) is 17.1 Å². The normalized spacial score (nSPS) is 47.4. The van der Waals surface area contributed by atoms with Crippen molar-refractivity contribution in [1.82, 2.24) is 0 Å². The molecule has 0 spiro atoms. The molecule has 128 valence electrons. The molecule has 1 saturated carbocycles. The number of carbonyl (C=O) groups is 1. The molecular weight excluding hydrogens is 395 g/mol. The summed E-state index contributed by atoms with van der Waals surface area (Å²) in [5, 5.41) is 0. The predicted molar refractivity (Wildman–Crippen MR) is 106 cm³/mol. The quantitative estimate of drug-likeness (QED) is 0.388. The second-order valence-electron chi connectivity index (χ2n) is 8.84. The molecule has 4 aliphatic rings. The number of Topliss-reactive ketones (excluding diaryl/α,β-unsaturated/α-hetero) is 1. The van der Waals surface area contributed by atoms with Gasteiger partial charge in [0, 0.05) is 0 Å². The third kappa shape index (κ3) is 2.26. The van der Waals surface area contributed by atoms with E-state index in [2.05, 4.69) is 26.5 Å². The minimum absolute atomic E-state index is 0.364. The number of hydrogen-bond donors (Lipinski definition) is 0. The summed E-state index contributed by atoms with van der Waals surface area (Å²) in [6.45, 7) is 11.2. The first kappa shape index (κ1) is 16.4. The van der Waals surface area contributed by atoms with Crippen molar-refractivity contribution in [2.24, 2.45) is 16.7 Å². The minimum atomic E-state index is -1.01. The Hall–Kier alpha value is -0.120. The van der Waals surface area contributed by atoms with Gasteiger partial charge < -0.3 is 0 Å². The number of hydrogen-bond acceptors (Lipinski definition) is 1. The van der Waals surface area contributed by atoms with Crippen LogP contribution in [0.3, 0.4) is 0 Å². The van der Waals surface area contributed by atoms with Gasteiger partial charge in [0.1, 0.15) is 0 Å². The summed E-state index contributed by atoms with van der Waals surface area (Å²) < 4.78 is 3.46. The van der Waals surface area contributed by atoms with Crippen LogP contribution in [0.4, 0.5) is 0 Å². The number of rotatable bonds is 1. The van der Waals surface area contributed by atoms with Crippen molar-refractivity contribution in [2.45, 2.75) is 73.6 Å². The summed E-state index contributed by atoms with van der Waals surface area (Å²) in [5.74, 6) is 0.851. The molecule has 2 saturated heterocycles. The zero-order chi connectivity index (χ0) is 16.4. The van der Waals surface area contributed by atoms with E-state index >= 15 is 0 Å². The van der Waals surface area contributed by atoms with Crippen molar-refractivity contribution in [3.05, 3.63) is 23.8 Å². The van der Waals surface area contributed by atoms with Crippen molar-refractivity contribution in [3.8, 4) is 0 Å². The van der Waals surface area contributed by atoms with Crippen molar-refractivity contribution < 1.29 is 4.79 Å². The van der Waals surface area contributed by atoms with Crippen LogP contribution >= 0.6 is 19.8 Å². The average Bonchev–Trinajstić information content (AvgIpc) is 2.85. The van der Waals surface area contributed by atoms with E-state index in [1.807, 2.05) is 6.92 Å². The van der Waals surface area contributed by atoms with Gasteiger partial charge in [-0.05, 0) is 0 Å². The average molecular weight is 426 g/mol. The molecule has 5 atom stereocenters. The van der Waals surface area contributed by atoms with Gasteiger partial charge in [0.2, 0.25) is 0 Å². The molecule has 0 bridgehead atoms. The van der Waals surface area contributed by atoms with Crippen molar-refractivity contribution in [1.29, 1.82) is 0 Å². The van der Waals surface area contributed by atoms with Crippen LogP contribution in [0.5, 0.6) is 0 Å². The van der Waals surface area contributed by atoms with Crippen LogP contribution in [0.1, 0.15) is 65.7 Å². The second kappa shape index (κ2) is 5.44. The number of alkyl halides is 3. The van der Waals surface area contributed by atoms with Gasteiger partial charge in [0.05, 0.1) is 0 Å². The number of ketones is 1. The molecule has 2 heteroatoms. The van der Waals surface area contributed by atoms with Gasteiger partial charge in [-0.15, -0.1) is 0 Å². The van der Waals surface area contributed by atoms with Gasteiger partial charge in [-0.1, -0.05) is 0 Å². The number of allylic oxidation sites excluding steroid dienone is 3. The number of halogens is 1. The zero-order valence-electron chi connectivity index (χ0n) is 15.0. The van der Waals surface area contributed by atoms with E-state index in [9.17, 15) is 4.79 Å². The van der Waals surface area contributed by atoms with E-state index in [0.717, 1.165) is 7.85 Å². The molecule has 0 amide bonds. The van der Waals surface area contributed by atoms with Gasteiger partial charge in [-0.25, -0.2) is 0 Å². The molecule has 2 aliphatic heterocycles. The summed E-state index contributed by atoms with van der Waals surface area (Å²) >= 11 is -1.01. The molecule has 0 aromatic carbocycles.